The second kappa shape index (κ2) is 10.5. The fraction of sp³-hybridized carbons (Fsp3) is 0.474. The topological polar surface area (TPSA) is 68.6 Å². The summed E-state index contributed by atoms with van der Waals surface area (Å²) in [7, 11) is 0. The van der Waals surface area contributed by atoms with Crippen LogP contribution in [0.25, 0.3) is 0 Å². The second-order valence-electron chi connectivity index (χ2n) is 5.91. The molecule has 1 saturated heterocycles. The van der Waals surface area contributed by atoms with Gasteiger partial charge < -0.3 is 15.0 Å². The van der Waals surface area contributed by atoms with Crippen LogP contribution in [0.1, 0.15) is 12.5 Å². The first-order valence-corrected chi connectivity index (χ1v) is 8.71. The molecule has 1 fully saturated rings. The maximum Gasteiger partial charge on any atom is 0.263 e. The SMILES string of the molecule is CCN(/C=C(/C#N)C(=O)NCCN1CCOCC1)Cc1ccccc1. The molecule has 2 rings (SSSR count). The molecule has 0 bridgehead atoms. The van der Waals surface area contributed by atoms with Crippen molar-refractivity contribution in [3.63, 3.8) is 0 Å². The molecule has 0 unspecified atom stereocenters. The molecule has 1 N–H and O–H groups in total. The maximum atomic E-state index is 12.2. The van der Waals surface area contributed by atoms with Crippen LogP contribution in [0, 0.1) is 11.3 Å². The van der Waals surface area contributed by atoms with Gasteiger partial charge in [0.05, 0.1) is 13.2 Å². The lowest BCUT2D eigenvalue weighted by atomic mass is 10.2. The highest BCUT2D eigenvalue weighted by Gasteiger charge is 2.13. The van der Waals surface area contributed by atoms with E-state index in [1.54, 1.807) is 6.20 Å². The minimum Gasteiger partial charge on any atom is -0.379 e. The van der Waals surface area contributed by atoms with Crippen LogP contribution in [0.2, 0.25) is 0 Å². The molecule has 1 aliphatic heterocycles. The van der Waals surface area contributed by atoms with Gasteiger partial charge in [0, 0.05) is 45.5 Å². The molecule has 1 aromatic carbocycles. The number of hydrogen-bond acceptors (Lipinski definition) is 5. The third-order valence-corrected chi connectivity index (χ3v) is 4.13. The van der Waals surface area contributed by atoms with Crippen LogP contribution in [-0.4, -0.2) is 61.6 Å². The van der Waals surface area contributed by atoms with Crippen molar-refractivity contribution in [2.24, 2.45) is 0 Å². The first-order valence-electron chi connectivity index (χ1n) is 8.71. The first kappa shape index (κ1) is 19.0. The van der Waals surface area contributed by atoms with E-state index >= 15 is 0 Å². The lowest BCUT2D eigenvalue weighted by Crippen LogP contribution is -2.41. The van der Waals surface area contributed by atoms with Crippen LogP contribution >= 0.6 is 0 Å². The van der Waals surface area contributed by atoms with Crippen molar-refractivity contribution in [3.8, 4) is 6.07 Å². The minimum absolute atomic E-state index is 0.139. The zero-order chi connectivity index (χ0) is 17.9. The van der Waals surface area contributed by atoms with E-state index in [1.165, 1.54) is 0 Å². The number of amides is 1. The van der Waals surface area contributed by atoms with Gasteiger partial charge in [0.1, 0.15) is 11.6 Å². The van der Waals surface area contributed by atoms with Gasteiger partial charge in [0.15, 0.2) is 0 Å². The van der Waals surface area contributed by atoms with Crippen molar-refractivity contribution >= 4 is 5.91 Å². The van der Waals surface area contributed by atoms with Crippen LogP contribution in [0.4, 0.5) is 0 Å². The van der Waals surface area contributed by atoms with Gasteiger partial charge in [0.2, 0.25) is 0 Å². The number of nitriles is 1. The molecule has 0 aliphatic carbocycles. The van der Waals surface area contributed by atoms with Crippen LogP contribution < -0.4 is 5.32 Å². The van der Waals surface area contributed by atoms with Crippen molar-refractivity contribution in [1.82, 2.24) is 15.1 Å². The Morgan fingerprint density at radius 2 is 2.08 bits per heavy atom. The highest BCUT2D eigenvalue weighted by atomic mass is 16.5. The average molecular weight is 342 g/mol. The summed E-state index contributed by atoms with van der Waals surface area (Å²) in [6.07, 6.45) is 1.65. The fourth-order valence-electron chi connectivity index (χ4n) is 2.64. The summed E-state index contributed by atoms with van der Waals surface area (Å²) in [4.78, 5) is 16.5. The van der Waals surface area contributed by atoms with Crippen LogP contribution in [0.5, 0.6) is 0 Å². The largest absolute Gasteiger partial charge is 0.379 e. The van der Waals surface area contributed by atoms with Crippen molar-refractivity contribution < 1.29 is 9.53 Å². The van der Waals surface area contributed by atoms with Gasteiger partial charge in [-0.1, -0.05) is 30.3 Å². The van der Waals surface area contributed by atoms with E-state index in [9.17, 15) is 10.1 Å². The highest BCUT2D eigenvalue weighted by Crippen LogP contribution is 2.07. The molecular weight excluding hydrogens is 316 g/mol. The van der Waals surface area contributed by atoms with Crippen LogP contribution in [0.15, 0.2) is 42.1 Å². The van der Waals surface area contributed by atoms with Gasteiger partial charge in [0.25, 0.3) is 5.91 Å². The Morgan fingerprint density at radius 3 is 2.72 bits per heavy atom. The molecule has 6 nitrogen and oxygen atoms in total. The number of nitrogens with zero attached hydrogens (tertiary/aromatic N) is 3. The lowest BCUT2D eigenvalue weighted by molar-refractivity contribution is -0.117. The quantitative estimate of drug-likeness (QED) is 0.571. The molecule has 1 heterocycles. The molecule has 0 aromatic heterocycles. The summed E-state index contributed by atoms with van der Waals surface area (Å²) in [6, 6.07) is 12.0. The number of rotatable bonds is 8. The van der Waals surface area contributed by atoms with Gasteiger partial charge in [-0.15, -0.1) is 0 Å². The molecule has 0 saturated carbocycles. The normalized spacial score (nSPS) is 15.4. The van der Waals surface area contributed by atoms with Crippen LogP contribution in [0.3, 0.4) is 0 Å². The molecule has 1 aliphatic rings. The van der Waals surface area contributed by atoms with E-state index in [2.05, 4.69) is 10.2 Å². The standard InChI is InChI=1S/C19H26N4O2/c1-2-22(15-17-6-4-3-5-7-17)16-18(14-20)19(24)21-8-9-23-10-12-25-13-11-23/h3-7,16H,2,8-13,15H2,1H3,(H,21,24)/b18-16-. The van der Waals surface area contributed by atoms with E-state index in [0.29, 0.717) is 13.1 Å². The Hall–Kier alpha value is -2.36. The van der Waals surface area contributed by atoms with E-state index in [4.69, 9.17) is 4.74 Å². The maximum absolute atomic E-state index is 12.2. The van der Waals surface area contributed by atoms with Crippen molar-refractivity contribution in [1.29, 1.82) is 5.26 Å². The molecule has 0 radical (unpaired) electrons. The summed E-state index contributed by atoms with van der Waals surface area (Å²) in [5, 5.41) is 12.2. The Morgan fingerprint density at radius 1 is 1.36 bits per heavy atom. The van der Waals surface area contributed by atoms with E-state index < -0.39 is 0 Å². The third kappa shape index (κ3) is 6.57. The number of carbonyl (C=O) groups is 1. The van der Waals surface area contributed by atoms with Gasteiger partial charge in [-0.05, 0) is 12.5 Å². The molecule has 1 aromatic rings. The fourth-order valence-corrected chi connectivity index (χ4v) is 2.64. The van der Waals surface area contributed by atoms with E-state index in [0.717, 1.165) is 45.0 Å². The monoisotopic (exact) mass is 342 g/mol. The number of nitrogens with one attached hydrogen (secondary N) is 1. The summed E-state index contributed by atoms with van der Waals surface area (Å²) in [5.74, 6) is -0.317. The van der Waals surface area contributed by atoms with Crippen molar-refractivity contribution in [2.75, 3.05) is 45.9 Å². The Kier molecular flexibility index (Phi) is 7.96. The molecule has 6 heteroatoms. The van der Waals surface area contributed by atoms with Crippen molar-refractivity contribution in [3.05, 3.63) is 47.7 Å². The number of carbonyl (C=O) groups excluding carboxylic acids is 1. The average Bonchev–Trinajstić information content (AvgIpc) is 2.66. The molecule has 134 valence electrons. The zero-order valence-corrected chi connectivity index (χ0v) is 14.8. The third-order valence-electron chi connectivity index (χ3n) is 4.13. The smallest absolute Gasteiger partial charge is 0.263 e. The number of hydrogen-bond donors (Lipinski definition) is 1. The van der Waals surface area contributed by atoms with Crippen LogP contribution in [-0.2, 0) is 16.1 Å². The van der Waals surface area contributed by atoms with E-state index in [1.807, 2.05) is 48.2 Å². The summed E-state index contributed by atoms with van der Waals surface area (Å²) < 4.78 is 5.30. The molecule has 0 spiro atoms. The minimum atomic E-state index is -0.317. The Bertz CT molecular complexity index is 604. The number of ether oxygens (including phenoxy) is 1. The molecule has 1 amide bonds. The van der Waals surface area contributed by atoms with Gasteiger partial charge >= 0.3 is 0 Å². The highest BCUT2D eigenvalue weighted by molar-refractivity contribution is 5.97. The first-order chi connectivity index (χ1) is 12.2. The Labute approximate surface area is 149 Å². The summed E-state index contributed by atoms with van der Waals surface area (Å²) >= 11 is 0. The molecule has 25 heavy (non-hydrogen) atoms. The van der Waals surface area contributed by atoms with Gasteiger partial charge in [-0.2, -0.15) is 5.26 Å². The molecule has 0 atom stereocenters. The summed E-state index contributed by atoms with van der Waals surface area (Å²) in [6.45, 7) is 7.95. The number of morpholine rings is 1. The predicted octanol–water partition coefficient (Wildman–Crippen LogP) is 1.36. The Balaban J connectivity index is 1.86. The summed E-state index contributed by atoms with van der Waals surface area (Å²) in [5.41, 5.74) is 1.28. The van der Waals surface area contributed by atoms with Crippen molar-refractivity contribution in [2.45, 2.75) is 13.5 Å². The lowest BCUT2D eigenvalue weighted by Gasteiger charge is -2.26. The van der Waals surface area contributed by atoms with Gasteiger partial charge in [-0.3, -0.25) is 9.69 Å². The molecular formula is C19H26N4O2. The van der Waals surface area contributed by atoms with E-state index in [-0.39, 0.29) is 11.5 Å². The van der Waals surface area contributed by atoms with Gasteiger partial charge in [-0.25, -0.2) is 0 Å². The second-order valence-corrected chi connectivity index (χ2v) is 5.91. The predicted molar refractivity (Wildman–Crippen MR) is 96.5 cm³/mol. The number of benzene rings is 1. The zero-order valence-electron chi connectivity index (χ0n) is 14.8.